The molecule has 5 heteroatoms. The van der Waals surface area contributed by atoms with E-state index in [1.807, 2.05) is 0 Å². The van der Waals surface area contributed by atoms with Crippen molar-refractivity contribution in [2.24, 2.45) is 0 Å². The van der Waals surface area contributed by atoms with E-state index in [0.717, 1.165) is 0 Å². The molecule has 1 aromatic rings. The molecule has 1 aromatic carbocycles. The van der Waals surface area contributed by atoms with Gasteiger partial charge in [0.2, 0.25) is 0 Å². The zero-order chi connectivity index (χ0) is 10.7. The Morgan fingerprint density at radius 2 is 2.29 bits per heavy atom. The Labute approximate surface area is 88.6 Å². The Balaban J connectivity index is 2.91. The summed E-state index contributed by atoms with van der Waals surface area (Å²) in [6.45, 7) is 1.20. The topological polar surface area (TPSA) is 46.5 Å². The fraction of sp³-hybridized carbons (Fsp3) is 0.222. The number of hydrogen-bond acceptors (Lipinski definition) is 2. The Morgan fingerprint density at radius 3 is 2.79 bits per heavy atom. The molecule has 0 fully saturated rings. The molecule has 0 radical (unpaired) electrons. The highest BCUT2D eigenvalue weighted by molar-refractivity contribution is 9.10. The smallest absolute Gasteiger partial charge is 0.341 e. The number of benzene rings is 1. The van der Waals surface area contributed by atoms with Crippen molar-refractivity contribution in [2.75, 3.05) is 6.61 Å². The van der Waals surface area contributed by atoms with Crippen molar-refractivity contribution in [1.29, 1.82) is 0 Å². The van der Waals surface area contributed by atoms with Gasteiger partial charge in [0.15, 0.2) is 6.61 Å². The summed E-state index contributed by atoms with van der Waals surface area (Å²) in [5.41, 5.74) is 0.554. The predicted octanol–water partition coefficient (Wildman–Crippen LogP) is 2.36. The molecule has 76 valence electrons. The number of ether oxygens (including phenoxy) is 1. The predicted molar refractivity (Wildman–Crippen MR) is 52.0 cm³/mol. The number of halogens is 2. The van der Waals surface area contributed by atoms with E-state index in [1.165, 1.54) is 12.1 Å². The van der Waals surface area contributed by atoms with E-state index in [9.17, 15) is 9.18 Å². The van der Waals surface area contributed by atoms with Crippen LogP contribution in [0.1, 0.15) is 5.56 Å². The van der Waals surface area contributed by atoms with Gasteiger partial charge in [-0.3, -0.25) is 0 Å². The van der Waals surface area contributed by atoms with Gasteiger partial charge in [0.05, 0.1) is 4.47 Å². The number of hydrogen-bond donors (Lipinski definition) is 1. The second-order valence-corrected chi connectivity index (χ2v) is 3.57. The molecule has 0 saturated carbocycles. The lowest BCUT2D eigenvalue weighted by atomic mass is 10.2. The number of carboxylic acid groups (broad SMARTS) is 1. The largest absolute Gasteiger partial charge is 0.480 e. The lowest BCUT2D eigenvalue weighted by Crippen LogP contribution is -2.10. The average Bonchev–Trinajstić information content (AvgIpc) is 2.01. The fourth-order valence-electron chi connectivity index (χ4n) is 1.01. The molecule has 0 heterocycles. The number of carboxylic acids is 1. The first-order chi connectivity index (χ1) is 6.50. The lowest BCUT2D eigenvalue weighted by Gasteiger charge is -2.08. The first-order valence-corrected chi connectivity index (χ1v) is 4.60. The number of carbonyl (C=O) groups is 1. The summed E-state index contributed by atoms with van der Waals surface area (Å²) < 4.78 is 18.2. The van der Waals surface area contributed by atoms with Crippen LogP contribution in [0.15, 0.2) is 16.6 Å². The molecular formula is C9H8BrFO3. The number of rotatable bonds is 3. The van der Waals surface area contributed by atoms with Crippen LogP contribution < -0.4 is 4.74 Å². The van der Waals surface area contributed by atoms with Crippen molar-refractivity contribution in [3.63, 3.8) is 0 Å². The lowest BCUT2D eigenvalue weighted by molar-refractivity contribution is -0.139. The summed E-state index contributed by atoms with van der Waals surface area (Å²) in [5, 5.41) is 8.40. The van der Waals surface area contributed by atoms with Crippen LogP contribution in [0.25, 0.3) is 0 Å². The Hall–Kier alpha value is -1.10. The highest BCUT2D eigenvalue weighted by Gasteiger charge is 2.09. The summed E-state index contributed by atoms with van der Waals surface area (Å²) in [4.78, 5) is 10.2. The van der Waals surface area contributed by atoms with E-state index >= 15 is 0 Å². The van der Waals surface area contributed by atoms with Gasteiger partial charge in [-0.2, -0.15) is 0 Å². The highest BCUT2D eigenvalue weighted by Crippen LogP contribution is 2.29. The van der Waals surface area contributed by atoms with Gasteiger partial charge in [0, 0.05) is 0 Å². The van der Waals surface area contributed by atoms with Gasteiger partial charge in [0.25, 0.3) is 0 Å². The van der Waals surface area contributed by atoms with Crippen LogP contribution in [0, 0.1) is 12.7 Å². The van der Waals surface area contributed by atoms with Crippen molar-refractivity contribution in [3.8, 4) is 5.75 Å². The Morgan fingerprint density at radius 1 is 1.64 bits per heavy atom. The van der Waals surface area contributed by atoms with Gasteiger partial charge in [-0.1, -0.05) is 0 Å². The molecule has 0 unspecified atom stereocenters. The summed E-state index contributed by atoms with van der Waals surface area (Å²) in [7, 11) is 0. The summed E-state index contributed by atoms with van der Waals surface area (Å²) >= 11 is 3.09. The molecule has 1 rings (SSSR count). The minimum atomic E-state index is -1.07. The summed E-state index contributed by atoms with van der Waals surface area (Å²) in [6, 6.07) is 2.51. The maximum Gasteiger partial charge on any atom is 0.341 e. The molecule has 0 aliphatic heterocycles. The molecule has 0 aliphatic rings. The van der Waals surface area contributed by atoms with Crippen LogP contribution in [-0.2, 0) is 4.79 Å². The first-order valence-electron chi connectivity index (χ1n) is 3.81. The van der Waals surface area contributed by atoms with Gasteiger partial charge >= 0.3 is 5.97 Å². The number of aryl methyl sites for hydroxylation is 1. The molecule has 0 bridgehead atoms. The second kappa shape index (κ2) is 4.41. The molecule has 14 heavy (non-hydrogen) atoms. The van der Waals surface area contributed by atoms with Crippen molar-refractivity contribution in [2.45, 2.75) is 6.92 Å². The monoisotopic (exact) mass is 262 g/mol. The quantitative estimate of drug-likeness (QED) is 0.910. The van der Waals surface area contributed by atoms with E-state index < -0.39 is 18.4 Å². The first kappa shape index (κ1) is 11.0. The van der Waals surface area contributed by atoms with Gasteiger partial charge < -0.3 is 9.84 Å². The third kappa shape index (κ3) is 2.70. The SMILES string of the molecule is Cc1cc(F)cc(Br)c1OCC(=O)O. The molecule has 1 N–H and O–H groups in total. The van der Waals surface area contributed by atoms with Crippen LogP contribution in [0.3, 0.4) is 0 Å². The van der Waals surface area contributed by atoms with Crippen LogP contribution in [0.4, 0.5) is 4.39 Å². The molecule has 3 nitrogen and oxygen atoms in total. The van der Waals surface area contributed by atoms with Crippen LogP contribution >= 0.6 is 15.9 Å². The van der Waals surface area contributed by atoms with Gasteiger partial charge in [-0.25, -0.2) is 9.18 Å². The van der Waals surface area contributed by atoms with E-state index in [-0.39, 0.29) is 0 Å². The molecule has 0 saturated heterocycles. The van der Waals surface area contributed by atoms with Crippen molar-refractivity contribution in [3.05, 3.63) is 28.0 Å². The van der Waals surface area contributed by atoms with Crippen molar-refractivity contribution >= 4 is 21.9 Å². The zero-order valence-corrected chi connectivity index (χ0v) is 8.97. The summed E-state index contributed by atoms with van der Waals surface area (Å²) in [5.74, 6) is -1.11. The number of aliphatic carboxylic acids is 1. The minimum Gasteiger partial charge on any atom is -0.480 e. The van der Waals surface area contributed by atoms with Crippen LogP contribution in [-0.4, -0.2) is 17.7 Å². The van der Waals surface area contributed by atoms with Crippen molar-refractivity contribution < 1.29 is 19.0 Å². The maximum absolute atomic E-state index is 12.8. The van der Waals surface area contributed by atoms with E-state index in [2.05, 4.69) is 15.9 Å². The molecular weight excluding hydrogens is 255 g/mol. The third-order valence-corrected chi connectivity index (χ3v) is 2.12. The maximum atomic E-state index is 12.8. The summed E-state index contributed by atoms with van der Waals surface area (Å²) in [6.07, 6.45) is 0. The minimum absolute atomic E-state index is 0.355. The van der Waals surface area contributed by atoms with Crippen LogP contribution in [0.5, 0.6) is 5.75 Å². The van der Waals surface area contributed by atoms with Gasteiger partial charge in [-0.15, -0.1) is 0 Å². The third-order valence-electron chi connectivity index (χ3n) is 1.53. The molecule has 0 atom stereocenters. The molecule has 0 aliphatic carbocycles. The average molecular weight is 263 g/mol. The van der Waals surface area contributed by atoms with E-state index in [4.69, 9.17) is 9.84 Å². The standard InChI is InChI=1S/C9H8BrFO3/c1-5-2-6(11)3-7(10)9(5)14-4-8(12)13/h2-3H,4H2,1H3,(H,12,13). The fourth-order valence-corrected chi connectivity index (χ4v) is 1.65. The second-order valence-electron chi connectivity index (χ2n) is 2.72. The normalized spacial score (nSPS) is 9.93. The molecule has 0 amide bonds. The van der Waals surface area contributed by atoms with E-state index in [0.29, 0.717) is 15.8 Å². The zero-order valence-electron chi connectivity index (χ0n) is 7.38. The van der Waals surface area contributed by atoms with E-state index in [1.54, 1.807) is 6.92 Å². The highest BCUT2D eigenvalue weighted by atomic mass is 79.9. The van der Waals surface area contributed by atoms with Gasteiger partial charge in [0.1, 0.15) is 11.6 Å². The molecule has 0 spiro atoms. The Bertz CT molecular complexity index is 342. The van der Waals surface area contributed by atoms with Crippen LogP contribution in [0.2, 0.25) is 0 Å². The Kier molecular flexibility index (Phi) is 3.46. The molecule has 0 aromatic heterocycles. The van der Waals surface area contributed by atoms with Gasteiger partial charge in [-0.05, 0) is 40.5 Å². The van der Waals surface area contributed by atoms with Crippen molar-refractivity contribution in [1.82, 2.24) is 0 Å².